The summed E-state index contributed by atoms with van der Waals surface area (Å²) >= 11 is 0. The van der Waals surface area contributed by atoms with Crippen LogP contribution in [0.2, 0.25) is 0 Å². The van der Waals surface area contributed by atoms with Crippen molar-refractivity contribution >= 4 is 23.3 Å². The number of anilines is 1. The number of hydrogen-bond donors (Lipinski definition) is 0. The Bertz CT molecular complexity index is 915. The van der Waals surface area contributed by atoms with E-state index in [1.54, 1.807) is 43.2 Å². The number of Topliss-reactive ketones (excluding diaryl/α,β-unsaturated/α-hetero) is 1. The van der Waals surface area contributed by atoms with E-state index >= 15 is 0 Å². The lowest BCUT2D eigenvalue weighted by Gasteiger charge is -2.21. The Hall–Kier alpha value is -3.15. The molecule has 1 amide bonds. The summed E-state index contributed by atoms with van der Waals surface area (Å²) in [5, 5.41) is 0. The number of rotatable bonds is 6. The van der Waals surface area contributed by atoms with E-state index in [-0.39, 0.29) is 24.7 Å². The smallest absolute Gasteiger partial charge is 0.312 e. The average molecular weight is 395 g/mol. The Labute approximate surface area is 170 Å². The largest absolute Gasteiger partial charge is 0.497 e. The molecule has 1 saturated heterocycles. The zero-order chi connectivity index (χ0) is 21.1. The molecule has 3 rings (SSSR count). The van der Waals surface area contributed by atoms with Crippen LogP contribution >= 0.6 is 0 Å². The van der Waals surface area contributed by atoms with Crippen molar-refractivity contribution in [1.82, 2.24) is 0 Å². The average Bonchev–Trinajstić information content (AvgIpc) is 3.09. The Morgan fingerprint density at radius 3 is 2.28 bits per heavy atom. The fraction of sp³-hybridized carbons (Fsp3) is 0.348. The van der Waals surface area contributed by atoms with Crippen LogP contribution in [0.3, 0.4) is 0 Å². The molecule has 0 aromatic heterocycles. The van der Waals surface area contributed by atoms with Crippen LogP contribution in [0, 0.1) is 19.8 Å². The molecule has 29 heavy (non-hydrogen) atoms. The Morgan fingerprint density at radius 1 is 1.07 bits per heavy atom. The van der Waals surface area contributed by atoms with Gasteiger partial charge in [-0.25, -0.2) is 0 Å². The Kier molecular flexibility index (Phi) is 6.01. The molecule has 0 saturated carbocycles. The van der Waals surface area contributed by atoms with Gasteiger partial charge in [-0.2, -0.15) is 0 Å². The molecule has 0 aliphatic carbocycles. The molecule has 6 heteroatoms. The van der Waals surface area contributed by atoms with Gasteiger partial charge in [-0.05, 0) is 56.2 Å². The molecule has 6 nitrogen and oxygen atoms in total. The molecule has 0 radical (unpaired) electrons. The predicted molar refractivity (Wildman–Crippen MR) is 109 cm³/mol. The number of methoxy groups -OCH3 is 1. The highest BCUT2D eigenvalue weighted by molar-refractivity contribution is 6.02. The van der Waals surface area contributed by atoms with E-state index in [4.69, 9.17) is 9.47 Å². The maximum atomic E-state index is 12.6. The van der Waals surface area contributed by atoms with Crippen LogP contribution in [-0.2, 0) is 14.3 Å². The summed E-state index contributed by atoms with van der Waals surface area (Å²) in [4.78, 5) is 39.3. The highest BCUT2D eigenvalue weighted by Gasteiger charge is 2.38. The van der Waals surface area contributed by atoms with Gasteiger partial charge in [0, 0.05) is 24.2 Å². The molecular weight excluding hydrogens is 370 g/mol. The molecule has 2 aromatic carbocycles. The number of ketones is 1. The number of ether oxygens (including phenoxy) is 2. The lowest BCUT2D eigenvalue weighted by Crippen LogP contribution is -2.31. The SMILES string of the molecule is COc1ccc(C(=O)[C@@H](C)OC(=O)[C@@H]2CC(=O)N(c3c(C)cccc3C)C2)cc1. The molecule has 0 bridgehead atoms. The Balaban J connectivity index is 1.66. The first-order chi connectivity index (χ1) is 13.8. The Morgan fingerprint density at radius 2 is 1.69 bits per heavy atom. The van der Waals surface area contributed by atoms with E-state index in [1.165, 1.54) is 0 Å². The van der Waals surface area contributed by atoms with Gasteiger partial charge in [0.2, 0.25) is 11.7 Å². The fourth-order valence-corrected chi connectivity index (χ4v) is 3.63. The van der Waals surface area contributed by atoms with Crippen LogP contribution in [0.5, 0.6) is 5.75 Å². The van der Waals surface area contributed by atoms with Gasteiger partial charge >= 0.3 is 5.97 Å². The van der Waals surface area contributed by atoms with Gasteiger partial charge in [0.15, 0.2) is 6.10 Å². The molecule has 2 aromatic rings. The lowest BCUT2D eigenvalue weighted by atomic mass is 10.1. The number of nitrogens with zero attached hydrogens (tertiary/aromatic N) is 1. The van der Waals surface area contributed by atoms with Gasteiger partial charge < -0.3 is 14.4 Å². The molecule has 1 heterocycles. The summed E-state index contributed by atoms with van der Waals surface area (Å²) in [6.07, 6.45) is -0.851. The number of hydrogen-bond acceptors (Lipinski definition) is 5. The number of para-hydroxylation sites is 1. The minimum atomic E-state index is -0.930. The molecule has 2 atom stereocenters. The van der Waals surface area contributed by atoms with Gasteiger partial charge in [0.1, 0.15) is 5.75 Å². The van der Waals surface area contributed by atoms with E-state index in [9.17, 15) is 14.4 Å². The van der Waals surface area contributed by atoms with Crippen molar-refractivity contribution in [3.8, 4) is 5.75 Å². The van der Waals surface area contributed by atoms with Crippen LogP contribution in [0.25, 0.3) is 0 Å². The second kappa shape index (κ2) is 8.47. The summed E-state index contributed by atoms with van der Waals surface area (Å²) in [7, 11) is 1.55. The number of esters is 1. The summed E-state index contributed by atoms with van der Waals surface area (Å²) < 4.78 is 10.5. The molecule has 0 N–H and O–H groups in total. The normalized spacial score (nSPS) is 17.2. The van der Waals surface area contributed by atoms with E-state index in [0.29, 0.717) is 11.3 Å². The highest BCUT2D eigenvalue weighted by Crippen LogP contribution is 2.31. The van der Waals surface area contributed by atoms with Gasteiger partial charge in [-0.15, -0.1) is 0 Å². The lowest BCUT2D eigenvalue weighted by molar-refractivity contribution is -0.151. The van der Waals surface area contributed by atoms with E-state index in [0.717, 1.165) is 16.8 Å². The van der Waals surface area contributed by atoms with Crippen LogP contribution < -0.4 is 9.64 Å². The van der Waals surface area contributed by atoms with Crippen molar-refractivity contribution in [1.29, 1.82) is 0 Å². The number of amides is 1. The van der Waals surface area contributed by atoms with Crippen molar-refractivity contribution < 1.29 is 23.9 Å². The van der Waals surface area contributed by atoms with Gasteiger partial charge in [0.05, 0.1) is 13.0 Å². The standard InChI is InChI=1S/C23H25NO5/c1-14-6-5-7-15(2)21(14)24-13-18(12-20(24)25)23(27)29-16(3)22(26)17-8-10-19(28-4)11-9-17/h5-11,16,18H,12-13H2,1-4H3/t16-,18-/m1/s1. The van der Waals surface area contributed by atoms with Crippen molar-refractivity contribution in [3.05, 3.63) is 59.2 Å². The number of benzene rings is 2. The first kappa shape index (κ1) is 20.6. The number of aryl methyl sites for hydroxylation is 2. The summed E-state index contributed by atoms with van der Waals surface area (Å²) in [6.45, 7) is 5.69. The van der Waals surface area contributed by atoms with E-state index in [1.807, 2.05) is 32.0 Å². The van der Waals surface area contributed by atoms with Crippen LogP contribution in [0.1, 0.15) is 34.8 Å². The van der Waals surface area contributed by atoms with Crippen molar-refractivity contribution in [2.75, 3.05) is 18.6 Å². The minimum Gasteiger partial charge on any atom is -0.497 e. The van der Waals surface area contributed by atoms with Crippen LogP contribution in [0.4, 0.5) is 5.69 Å². The maximum Gasteiger partial charge on any atom is 0.312 e. The minimum absolute atomic E-state index is 0.0794. The second-order valence-electron chi connectivity index (χ2n) is 7.32. The molecular formula is C23H25NO5. The van der Waals surface area contributed by atoms with Crippen LogP contribution in [-0.4, -0.2) is 37.4 Å². The third-order valence-electron chi connectivity index (χ3n) is 5.20. The molecule has 1 aliphatic heterocycles. The van der Waals surface area contributed by atoms with Crippen molar-refractivity contribution in [2.45, 2.75) is 33.3 Å². The number of carbonyl (C=O) groups excluding carboxylic acids is 3. The maximum absolute atomic E-state index is 12.6. The van der Waals surface area contributed by atoms with Crippen LogP contribution in [0.15, 0.2) is 42.5 Å². The third kappa shape index (κ3) is 4.31. The summed E-state index contributed by atoms with van der Waals surface area (Å²) in [6, 6.07) is 12.4. The van der Waals surface area contributed by atoms with Gasteiger partial charge in [0.25, 0.3) is 0 Å². The first-order valence-electron chi connectivity index (χ1n) is 9.57. The molecule has 1 fully saturated rings. The third-order valence-corrected chi connectivity index (χ3v) is 5.20. The van der Waals surface area contributed by atoms with E-state index < -0.39 is 18.0 Å². The van der Waals surface area contributed by atoms with Crippen molar-refractivity contribution in [2.24, 2.45) is 5.92 Å². The molecule has 152 valence electrons. The predicted octanol–water partition coefficient (Wildman–Crippen LogP) is 3.48. The molecule has 1 aliphatic rings. The fourth-order valence-electron chi connectivity index (χ4n) is 3.63. The van der Waals surface area contributed by atoms with Gasteiger partial charge in [-0.3, -0.25) is 14.4 Å². The first-order valence-corrected chi connectivity index (χ1v) is 9.57. The quantitative estimate of drug-likeness (QED) is 0.553. The second-order valence-corrected chi connectivity index (χ2v) is 7.32. The highest BCUT2D eigenvalue weighted by atomic mass is 16.5. The molecule has 0 unspecified atom stereocenters. The molecule has 0 spiro atoms. The van der Waals surface area contributed by atoms with Crippen molar-refractivity contribution in [3.63, 3.8) is 0 Å². The number of carbonyl (C=O) groups is 3. The summed E-state index contributed by atoms with van der Waals surface area (Å²) in [5.41, 5.74) is 3.24. The monoisotopic (exact) mass is 395 g/mol. The summed E-state index contributed by atoms with van der Waals surface area (Å²) in [5.74, 6) is -0.883. The zero-order valence-corrected chi connectivity index (χ0v) is 17.1. The van der Waals surface area contributed by atoms with Gasteiger partial charge in [-0.1, -0.05) is 18.2 Å². The van der Waals surface area contributed by atoms with E-state index in [2.05, 4.69) is 0 Å². The topological polar surface area (TPSA) is 72.9 Å². The zero-order valence-electron chi connectivity index (χ0n) is 17.1.